The monoisotopic (exact) mass is 274 g/mol. The average Bonchev–Trinajstić information content (AvgIpc) is 3.17. The van der Waals surface area contributed by atoms with Crippen LogP contribution in [0.5, 0.6) is 0 Å². The van der Waals surface area contributed by atoms with Gasteiger partial charge in [-0.05, 0) is 25.8 Å². The van der Waals surface area contributed by atoms with Crippen molar-refractivity contribution in [2.75, 3.05) is 13.2 Å². The van der Waals surface area contributed by atoms with Crippen LogP contribution >= 0.6 is 0 Å². The SMILES string of the molecule is CC(NCC1CCCO1)c1ncnn1-c1ncccn1. The van der Waals surface area contributed by atoms with E-state index in [-0.39, 0.29) is 6.04 Å². The standard InChI is InChI=1S/C13H18N6O/c1-10(16-8-11-4-2-7-20-11)12-17-9-18-19(12)13-14-5-3-6-15-13/h3,5-6,9-11,16H,2,4,7-8H2,1H3. The zero-order chi connectivity index (χ0) is 13.8. The lowest BCUT2D eigenvalue weighted by Gasteiger charge is -2.16. The number of rotatable bonds is 5. The zero-order valence-corrected chi connectivity index (χ0v) is 11.4. The molecule has 20 heavy (non-hydrogen) atoms. The van der Waals surface area contributed by atoms with Crippen LogP contribution in [-0.2, 0) is 4.74 Å². The maximum absolute atomic E-state index is 5.61. The average molecular weight is 274 g/mol. The number of nitrogens with zero attached hydrogens (tertiary/aromatic N) is 5. The molecule has 0 aromatic carbocycles. The minimum Gasteiger partial charge on any atom is -0.377 e. The Hall–Kier alpha value is -1.86. The third-order valence-electron chi connectivity index (χ3n) is 3.38. The Bertz CT molecular complexity index is 537. The summed E-state index contributed by atoms with van der Waals surface area (Å²) in [5.74, 6) is 1.33. The lowest BCUT2D eigenvalue weighted by atomic mass is 10.2. The minimum absolute atomic E-state index is 0.0607. The molecule has 0 spiro atoms. The molecular weight excluding hydrogens is 256 g/mol. The summed E-state index contributed by atoms with van der Waals surface area (Å²) in [5.41, 5.74) is 0. The van der Waals surface area contributed by atoms with Crippen LogP contribution in [0.15, 0.2) is 24.8 Å². The number of hydrogen-bond acceptors (Lipinski definition) is 6. The van der Waals surface area contributed by atoms with Crippen LogP contribution in [0.2, 0.25) is 0 Å². The summed E-state index contributed by atoms with van der Waals surface area (Å²) < 4.78 is 7.27. The quantitative estimate of drug-likeness (QED) is 0.872. The van der Waals surface area contributed by atoms with E-state index in [1.165, 1.54) is 6.33 Å². The molecule has 1 saturated heterocycles. The largest absolute Gasteiger partial charge is 0.377 e. The Kier molecular flexibility index (Phi) is 3.98. The molecule has 3 rings (SSSR count). The number of nitrogens with one attached hydrogen (secondary N) is 1. The van der Waals surface area contributed by atoms with Gasteiger partial charge >= 0.3 is 0 Å². The van der Waals surface area contributed by atoms with Gasteiger partial charge in [0.05, 0.1) is 12.1 Å². The van der Waals surface area contributed by atoms with Gasteiger partial charge in [-0.25, -0.2) is 15.0 Å². The molecule has 0 saturated carbocycles. The van der Waals surface area contributed by atoms with Crippen molar-refractivity contribution < 1.29 is 4.74 Å². The summed E-state index contributed by atoms with van der Waals surface area (Å²) in [6, 6.07) is 1.84. The van der Waals surface area contributed by atoms with Crippen LogP contribution in [0.4, 0.5) is 0 Å². The molecule has 7 nitrogen and oxygen atoms in total. The third kappa shape index (κ3) is 2.83. The fourth-order valence-corrected chi connectivity index (χ4v) is 2.31. The van der Waals surface area contributed by atoms with E-state index in [9.17, 15) is 0 Å². The first-order chi connectivity index (χ1) is 9.84. The van der Waals surface area contributed by atoms with Crippen molar-refractivity contribution in [3.05, 3.63) is 30.6 Å². The summed E-state index contributed by atoms with van der Waals surface area (Å²) in [7, 11) is 0. The van der Waals surface area contributed by atoms with Crippen molar-refractivity contribution in [3.63, 3.8) is 0 Å². The van der Waals surface area contributed by atoms with E-state index in [4.69, 9.17) is 4.74 Å². The molecule has 106 valence electrons. The van der Waals surface area contributed by atoms with Gasteiger partial charge in [-0.1, -0.05) is 0 Å². The summed E-state index contributed by atoms with van der Waals surface area (Å²) in [6.45, 7) is 3.75. The molecule has 1 aliphatic rings. The molecule has 2 unspecified atom stereocenters. The van der Waals surface area contributed by atoms with Gasteiger partial charge in [0, 0.05) is 25.5 Å². The molecule has 2 atom stereocenters. The van der Waals surface area contributed by atoms with Crippen LogP contribution in [0.3, 0.4) is 0 Å². The molecule has 2 aromatic heterocycles. The summed E-state index contributed by atoms with van der Waals surface area (Å²) in [6.07, 6.45) is 7.48. The zero-order valence-electron chi connectivity index (χ0n) is 11.4. The van der Waals surface area contributed by atoms with E-state index >= 15 is 0 Å². The summed E-state index contributed by atoms with van der Waals surface area (Å²) in [5, 5.41) is 7.63. The Morgan fingerprint density at radius 3 is 3.00 bits per heavy atom. The van der Waals surface area contributed by atoms with E-state index in [2.05, 4.69) is 32.3 Å². The summed E-state index contributed by atoms with van der Waals surface area (Å²) in [4.78, 5) is 12.7. The highest BCUT2D eigenvalue weighted by Crippen LogP contribution is 2.14. The Morgan fingerprint density at radius 1 is 1.40 bits per heavy atom. The maximum atomic E-state index is 5.61. The van der Waals surface area contributed by atoms with Crippen LogP contribution in [0.25, 0.3) is 5.95 Å². The van der Waals surface area contributed by atoms with Crippen molar-refractivity contribution in [2.24, 2.45) is 0 Å². The maximum Gasteiger partial charge on any atom is 0.252 e. The first-order valence-corrected chi connectivity index (χ1v) is 6.87. The molecule has 1 aliphatic heterocycles. The molecule has 0 aliphatic carbocycles. The molecule has 7 heteroatoms. The van der Waals surface area contributed by atoms with Gasteiger partial charge in [-0.15, -0.1) is 0 Å². The van der Waals surface area contributed by atoms with Crippen LogP contribution in [-0.4, -0.2) is 44.0 Å². The van der Waals surface area contributed by atoms with Gasteiger partial charge < -0.3 is 10.1 Å². The van der Waals surface area contributed by atoms with Gasteiger partial charge in [-0.2, -0.15) is 9.78 Å². The molecule has 0 bridgehead atoms. The molecule has 0 amide bonds. The molecular formula is C13H18N6O. The van der Waals surface area contributed by atoms with Crippen molar-refractivity contribution >= 4 is 0 Å². The Balaban J connectivity index is 1.69. The van der Waals surface area contributed by atoms with Gasteiger partial charge in [0.1, 0.15) is 6.33 Å². The van der Waals surface area contributed by atoms with Crippen LogP contribution in [0.1, 0.15) is 31.6 Å². The first-order valence-electron chi connectivity index (χ1n) is 6.87. The highest BCUT2D eigenvalue weighted by Gasteiger charge is 2.19. The van der Waals surface area contributed by atoms with Gasteiger partial charge in [-0.3, -0.25) is 0 Å². The van der Waals surface area contributed by atoms with Crippen LogP contribution < -0.4 is 5.32 Å². The highest BCUT2D eigenvalue weighted by molar-refractivity contribution is 5.12. The van der Waals surface area contributed by atoms with Crippen LogP contribution in [0, 0.1) is 0 Å². The van der Waals surface area contributed by atoms with Crippen molar-refractivity contribution in [1.29, 1.82) is 0 Å². The Morgan fingerprint density at radius 2 is 2.25 bits per heavy atom. The predicted octanol–water partition coefficient (Wildman–Crippen LogP) is 0.887. The fraction of sp³-hybridized carbons (Fsp3) is 0.538. The van der Waals surface area contributed by atoms with E-state index in [0.29, 0.717) is 12.1 Å². The van der Waals surface area contributed by atoms with Gasteiger partial charge in [0.2, 0.25) is 0 Å². The fourth-order valence-electron chi connectivity index (χ4n) is 2.31. The van der Waals surface area contributed by atoms with Crippen molar-refractivity contribution in [3.8, 4) is 5.95 Å². The molecule has 3 heterocycles. The van der Waals surface area contributed by atoms with E-state index < -0.39 is 0 Å². The lowest BCUT2D eigenvalue weighted by molar-refractivity contribution is 0.107. The van der Waals surface area contributed by atoms with E-state index in [1.807, 2.05) is 0 Å². The Labute approximate surface area is 117 Å². The number of ether oxygens (including phenoxy) is 1. The third-order valence-corrected chi connectivity index (χ3v) is 3.38. The minimum atomic E-state index is 0.0607. The van der Waals surface area contributed by atoms with E-state index in [1.54, 1.807) is 23.1 Å². The van der Waals surface area contributed by atoms with E-state index in [0.717, 1.165) is 31.8 Å². The van der Waals surface area contributed by atoms with Gasteiger partial charge in [0.15, 0.2) is 5.82 Å². The lowest BCUT2D eigenvalue weighted by Crippen LogP contribution is -2.30. The second-order valence-electron chi connectivity index (χ2n) is 4.84. The first kappa shape index (κ1) is 13.1. The predicted molar refractivity (Wildman–Crippen MR) is 72.3 cm³/mol. The van der Waals surface area contributed by atoms with Crippen molar-refractivity contribution in [2.45, 2.75) is 31.9 Å². The summed E-state index contributed by atoms with van der Waals surface area (Å²) >= 11 is 0. The van der Waals surface area contributed by atoms with Crippen molar-refractivity contribution in [1.82, 2.24) is 30.0 Å². The molecule has 2 aromatic rings. The topological polar surface area (TPSA) is 77.8 Å². The number of aromatic nitrogens is 5. The second kappa shape index (κ2) is 6.06. The highest BCUT2D eigenvalue weighted by atomic mass is 16.5. The molecule has 1 fully saturated rings. The molecule has 1 N–H and O–H groups in total. The smallest absolute Gasteiger partial charge is 0.252 e. The molecule has 0 radical (unpaired) electrons. The number of hydrogen-bond donors (Lipinski definition) is 1. The second-order valence-corrected chi connectivity index (χ2v) is 4.84. The van der Waals surface area contributed by atoms with Gasteiger partial charge in [0.25, 0.3) is 5.95 Å². The normalized spacial score (nSPS) is 20.1.